The standard InChI is InChI=1S/C25H23Cl2N3O3S/c1-14-6-4-7-20(15(14)2)29-24(32)23-16(3)18(13-28)25(34-23)30-22(31)8-5-11-33-21-10-9-17(26)12-19(21)27/h4,6-7,9-10,12H,5,8,11H2,1-3H3,(H,29,32)(H,30,31). The van der Waals surface area contributed by atoms with E-state index in [-0.39, 0.29) is 30.4 Å². The highest BCUT2D eigenvalue weighted by atomic mass is 35.5. The molecule has 1 heterocycles. The number of amides is 2. The molecule has 176 valence electrons. The highest BCUT2D eigenvalue weighted by molar-refractivity contribution is 7.18. The number of benzene rings is 2. The summed E-state index contributed by atoms with van der Waals surface area (Å²) < 4.78 is 5.59. The molecule has 0 spiro atoms. The molecule has 0 saturated carbocycles. The number of carbonyl (C=O) groups excluding carboxylic acids is 2. The molecule has 0 unspecified atom stereocenters. The third kappa shape index (κ3) is 6.09. The Morgan fingerprint density at radius 1 is 1.09 bits per heavy atom. The average Bonchev–Trinajstić information content (AvgIpc) is 3.10. The minimum atomic E-state index is -0.318. The molecule has 0 bridgehead atoms. The van der Waals surface area contributed by atoms with Gasteiger partial charge in [-0.2, -0.15) is 5.26 Å². The summed E-state index contributed by atoms with van der Waals surface area (Å²) in [7, 11) is 0. The third-order valence-corrected chi connectivity index (χ3v) is 7.01. The lowest BCUT2D eigenvalue weighted by Gasteiger charge is -2.10. The van der Waals surface area contributed by atoms with Gasteiger partial charge in [0.15, 0.2) is 0 Å². The van der Waals surface area contributed by atoms with E-state index >= 15 is 0 Å². The number of nitriles is 1. The maximum atomic E-state index is 12.9. The molecule has 3 aromatic rings. The summed E-state index contributed by atoms with van der Waals surface area (Å²) in [6, 6.07) is 12.7. The van der Waals surface area contributed by atoms with Crippen molar-refractivity contribution in [3.8, 4) is 11.8 Å². The van der Waals surface area contributed by atoms with Gasteiger partial charge < -0.3 is 15.4 Å². The Hall–Kier alpha value is -3.05. The summed E-state index contributed by atoms with van der Waals surface area (Å²) in [4.78, 5) is 25.7. The van der Waals surface area contributed by atoms with Gasteiger partial charge in [0.05, 0.1) is 22.1 Å². The number of hydrogen-bond acceptors (Lipinski definition) is 5. The van der Waals surface area contributed by atoms with Crippen LogP contribution in [0.25, 0.3) is 0 Å². The lowest BCUT2D eigenvalue weighted by Crippen LogP contribution is -2.13. The Kier molecular flexibility index (Phi) is 8.56. The first kappa shape index (κ1) is 25.6. The normalized spacial score (nSPS) is 10.5. The van der Waals surface area contributed by atoms with E-state index in [4.69, 9.17) is 27.9 Å². The monoisotopic (exact) mass is 515 g/mol. The predicted molar refractivity (Wildman–Crippen MR) is 137 cm³/mol. The van der Waals surface area contributed by atoms with Gasteiger partial charge in [0.25, 0.3) is 5.91 Å². The summed E-state index contributed by atoms with van der Waals surface area (Å²) in [5.41, 5.74) is 3.57. The molecule has 0 fully saturated rings. The van der Waals surface area contributed by atoms with Crippen molar-refractivity contribution < 1.29 is 14.3 Å². The highest BCUT2D eigenvalue weighted by Crippen LogP contribution is 2.34. The molecule has 1 aromatic heterocycles. The van der Waals surface area contributed by atoms with Crippen molar-refractivity contribution in [3.63, 3.8) is 0 Å². The lowest BCUT2D eigenvalue weighted by molar-refractivity contribution is -0.116. The second-order valence-corrected chi connectivity index (χ2v) is 9.51. The Balaban J connectivity index is 1.61. The molecule has 0 atom stereocenters. The van der Waals surface area contributed by atoms with Crippen LogP contribution in [0.5, 0.6) is 5.75 Å². The van der Waals surface area contributed by atoms with E-state index < -0.39 is 0 Å². The van der Waals surface area contributed by atoms with Crippen molar-refractivity contribution in [3.05, 3.63) is 73.6 Å². The largest absolute Gasteiger partial charge is 0.492 e. The van der Waals surface area contributed by atoms with E-state index in [1.807, 2.05) is 32.0 Å². The molecule has 0 aliphatic carbocycles. The minimum Gasteiger partial charge on any atom is -0.492 e. The molecular weight excluding hydrogens is 493 g/mol. The van der Waals surface area contributed by atoms with Crippen molar-refractivity contribution in [2.45, 2.75) is 33.6 Å². The molecule has 2 aromatic carbocycles. The second-order valence-electron chi connectivity index (χ2n) is 7.65. The van der Waals surface area contributed by atoms with Gasteiger partial charge in [-0.25, -0.2) is 0 Å². The second kappa shape index (κ2) is 11.4. The van der Waals surface area contributed by atoms with Gasteiger partial charge in [0, 0.05) is 17.1 Å². The van der Waals surface area contributed by atoms with Gasteiger partial charge in [0.2, 0.25) is 5.91 Å². The number of rotatable bonds is 8. The number of anilines is 2. The van der Waals surface area contributed by atoms with E-state index in [1.54, 1.807) is 25.1 Å². The number of nitrogens with one attached hydrogen (secondary N) is 2. The Bertz CT molecular complexity index is 1280. The fourth-order valence-corrected chi connectivity index (χ4v) is 4.75. The summed E-state index contributed by atoms with van der Waals surface area (Å²) in [6.45, 7) is 5.89. The summed E-state index contributed by atoms with van der Waals surface area (Å²) in [5.74, 6) is -0.0990. The molecule has 6 nitrogen and oxygen atoms in total. The smallest absolute Gasteiger partial charge is 0.266 e. The molecule has 3 rings (SSSR count). The Labute approximate surface area is 212 Å². The molecule has 34 heavy (non-hydrogen) atoms. The van der Waals surface area contributed by atoms with Gasteiger partial charge in [-0.3, -0.25) is 9.59 Å². The van der Waals surface area contributed by atoms with Gasteiger partial charge in [0.1, 0.15) is 16.8 Å². The zero-order chi connectivity index (χ0) is 24.8. The number of thiophene rings is 1. The molecular formula is C25H23Cl2N3O3S. The van der Waals surface area contributed by atoms with Crippen LogP contribution in [0.3, 0.4) is 0 Å². The summed E-state index contributed by atoms with van der Waals surface area (Å²) in [5, 5.41) is 16.5. The average molecular weight is 516 g/mol. The zero-order valence-electron chi connectivity index (χ0n) is 18.9. The van der Waals surface area contributed by atoms with Crippen LogP contribution >= 0.6 is 34.5 Å². The highest BCUT2D eigenvalue weighted by Gasteiger charge is 2.22. The first-order chi connectivity index (χ1) is 16.2. The molecule has 0 saturated heterocycles. The first-order valence-electron chi connectivity index (χ1n) is 10.5. The Morgan fingerprint density at radius 2 is 1.85 bits per heavy atom. The van der Waals surface area contributed by atoms with E-state index in [2.05, 4.69) is 16.7 Å². The van der Waals surface area contributed by atoms with Crippen LogP contribution < -0.4 is 15.4 Å². The zero-order valence-corrected chi connectivity index (χ0v) is 21.2. The van der Waals surface area contributed by atoms with Crippen LogP contribution in [-0.2, 0) is 4.79 Å². The van der Waals surface area contributed by atoms with Crippen LogP contribution in [0.2, 0.25) is 10.0 Å². The van der Waals surface area contributed by atoms with E-state index in [0.29, 0.717) is 43.3 Å². The minimum absolute atomic E-state index is 0.178. The van der Waals surface area contributed by atoms with Crippen LogP contribution in [0, 0.1) is 32.1 Å². The van der Waals surface area contributed by atoms with E-state index in [0.717, 1.165) is 22.5 Å². The van der Waals surface area contributed by atoms with Crippen LogP contribution in [0.4, 0.5) is 10.7 Å². The molecule has 9 heteroatoms. The third-order valence-electron chi connectivity index (χ3n) is 5.27. The van der Waals surface area contributed by atoms with Crippen molar-refractivity contribution in [1.29, 1.82) is 5.26 Å². The van der Waals surface area contributed by atoms with Crippen molar-refractivity contribution in [2.75, 3.05) is 17.2 Å². The topological polar surface area (TPSA) is 91.2 Å². The SMILES string of the molecule is Cc1cccc(NC(=O)c2sc(NC(=O)CCCOc3ccc(Cl)cc3Cl)c(C#N)c2C)c1C. The number of aryl methyl sites for hydroxylation is 1. The number of nitrogens with zero attached hydrogens (tertiary/aromatic N) is 1. The molecule has 0 radical (unpaired) electrons. The number of hydrogen-bond donors (Lipinski definition) is 2. The molecule has 2 N–H and O–H groups in total. The van der Waals surface area contributed by atoms with Crippen LogP contribution in [0.15, 0.2) is 36.4 Å². The fourth-order valence-electron chi connectivity index (χ4n) is 3.21. The summed E-state index contributed by atoms with van der Waals surface area (Å²) in [6.07, 6.45) is 0.619. The number of halogens is 2. The lowest BCUT2D eigenvalue weighted by atomic mass is 10.1. The van der Waals surface area contributed by atoms with Crippen molar-refractivity contribution >= 4 is 57.0 Å². The molecule has 2 amide bonds. The number of ether oxygens (including phenoxy) is 1. The van der Waals surface area contributed by atoms with Crippen molar-refractivity contribution in [1.82, 2.24) is 0 Å². The molecule has 0 aliphatic rings. The first-order valence-corrected chi connectivity index (χ1v) is 12.1. The maximum Gasteiger partial charge on any atom is 0.266 e. The van der Waals surface area contributed by atoms with Gasteiger partial charge in [-0.1, -0.05) is 35.3 Å². The fraction of sp³-hybridized carbons (Fsp3) is 0.240. The quantitative estimate of drug-likeness (QED) is 0.319. The van der Waals surface area contributed by atoms with Gasteiger partial charge >= 0.3 is 0 Å². The van der Waals surface area contributed by atoms with Gasteiger partial charge in [-0.15, -0.1) is 11.3 Å². The summed E-state index contributed by atoms with van der Waals surface area (Å²) >= 11 is 13.0. The maximum absolute atomic E-state index is 12.9. The molecule has 0 aliphatic heterocycles. The predicted octanol–water partition coefficient (Wildman–Crippen LogP) is 6.90. The van der Waals surface area contributed by atoms with Crippen LogP contribution in [-0.4, -0.2) is 18.4 Å². The van der Waals surface area contributed by atoms with E-state index in [9.17, 15) is 14.9 Å². The van der Waals surface area contributed by atoms with E-state index in [1.165, 1.54) is 0 Å². The number of carbonyl (C=O) groups is 2. The van der Waals surface area contributed by atoms with Crippen LogP contribution in [0.1, 0.15) is 44.8 Å². The Morgan fingerprint density at radius 3 is 2.56 bits per heavy atom. The van der Waals surface area contributed by atoms with Gasteiger partial charge in [-0.05, 0) is 68.1 Å². The van der Waals surface area contributed by atoms with Crippen molar-refractivity contribution in [2.24, 2.45) is 0 Å².